The minimum atomic E-state index is 0. The normalized spacial score (nSPS) is 5.75. The highest BCUT2D eigenvalue weighted by molar-refractivity contribution is 14.0. The molecule has 2 N–H and O–H groups in total. The summed E-state index contributed by atoms with van der Waals surface area (Å²) in [7, 11) is 1.50. The van der Waals surface area contributed by atoms with Crippen molar-refractivity contribution in [3.63, 3.8) is 0 Å². The van der Waals surface area contributed by atoms with Gasteiger partial charge in [0.25, 0.3) is 0 Å². The van der Waals surface area contributed by atoms with E-state index in [1.165, 1.54) is 7.05 Å². The number of nitrogens with two attached hydrogens (primary N) is 1. The molecule has 0 saturated heterocycles. The third-order valence-electron chi connectivity index (χ3n) is 0.425. The van der Waals surface area contributed by atoms with Gasteiger partial charge in [0, 0.05) is 0 Å². The summed E-state index contributed by atoms with van der Waals surface area (Å²) in [5.41, 5.74) is 4.50. The number of rotatable bonds is 0. The Balaban J connectivity index is 0. The van der Waals surface area contributed by atoms with Gasteiger partial charge < -0.3 is 5.73 Å². The Morgan fingerprint density at radius 3 is 1.62 bits per heavy atom. The average molecular weight is 243 g/mol. The maximum Gasteiger partial charge on any atom is -0.00934 e. The first kappa shape index (κ1) is 11.2. The lowest BCUT2D eigenvalue weighted by molar-refractivity contribution is 1.48. The molecule has 0 amide bonds. The van der Waals surface area contributed by atoms with Crippen LogP contribution in [0.2, 0.25) is 0 Å². The molecule has 0 radical (unpaired) electrons. The van der Waals surface area contributed by atoms with E-state index in [4.69, 9.17) is 0 Å². The van der Waals surface area contributed by atoms with E-state index >= 15 is 0 Å². The smallest absolute Gasteiger partial charge is 0.00934 e. The molecule has 1 nitrogen and oxygen atoms in total. The third-order valence-corrected chi connectivity index (χ3v) is 1.05. The van der Waals surface area contributed by atoms with E-state index in [0.717, 1.165) is 0 Å². The molecule has 1 aromatic heterocycles. The van der Waals surface area contributed by atoms with E-state index in [2.05, 4.69) is 5.73 Å². The molecular formula is C5H10INS. The summed E-state index contributed by atoms with van der Waals surface area (Å²) in [4.78, 5) is 0. The number of hydrogen-bond acceptors (Lipinski definition) is 2. The van der Waals surface area contributed by atoms with E-state index in [1.807, 2.05) is 22.9 Å². The molecule has 0 fully saturated rings. The fourth-order valence-electron chi connectivity index (χ4n) is 0.227. The highest BCUT2D eigenvalue weighted by atomic mass is 127. The molecule has 1 rings (SSSR count). The lowest BCUT2D eigenvalue weighted by atomic mass is 10.7. The van der Waals surface area contributed by atoms with Crippen LogP contribution in [0.3, 0.4) is 0 Å². The molecule has 8 heavy (non-hydrogen) atoms. The maximum absolute atomic E-state index is 4.50. The first-order chi connectivity index (χ1) is 3.50. The van der Waals surface area contributed by atoms with Crippen LogP contribution in [0.1, 0.15) is 0 Å². The first-order valence-corrected chi connectivity index (χ1v) is 2.99. The quantitative estimate of drug-likeness (QED) is 0.692. The minimum Gasteiger partial charge on any atom is -0.333 e. The van der Waals surface area contributed by atoms with E-state index < -0.39 is 0 Å². The Labute approximate surface area is 70.9 Å². The summed E-state index contributed by atoms with van der Waals surface area (Å²) in [5.74, 6) is 0. The Kier molecular flexibility index (Phi) is 14.6. The molecule has 1 heterocycles. The van der Waals surface area contributed by atoms with Crippen LogP contribution in [-0.4, -0.2) is 7.05 Å². The van der Waals surface area contributed by atoms with Crippen molar-refractivity contribution in [2.45, 2.75) is 0 Å². The van der Waals surface area contributed by atoms with Gasteiger partial charge in [-0.25, -0.2) is 0 Å². The van der Waals surface area contributed by atoms with Gasteiger partial charge in [-0.2, -0.15) is 11.3 Å². The fourth-order valence-corrected chi connectivity index (χ4v) is 0.680. The van der Waals surface area contributed by atoms with Crippen LogP contribution in [0.5, 0.6) is 0 Å². The van der Waals surface area contributed by atoms with E-state index in [-0.39, 0.29) is 24.0 Å². The summed E-state index contributed by atoms with van der Waals surface area (Å²) < 4.78 is 0. The monoisotopic (exact) mass is 243 g/mol. The van der Waals surface area contributed by atoms with Gasteiger partial charge in [-0.3, -0.25) is 0 Å². The zero-order valence-corrected chi connectivity index (χ0v) is 7.85. The van der Waals surface area contributed by atoms with Crippen LogP contribution in [0.4, 0.5) is 0 Å². The summed E-state index contributed by atoms with van der Waals surface area (Å²) >= 11 is 1.71. The topological polar surface area (TPSA) is 26.0 Å². The predicted octanol–water partition coefficient (Wildman–Crippen LogP) is 1.94. The van der Waals surface area contributed by atoms with Crippen molar-refractivity contribution in [2.75, 3.05) is 7.05 Å². The van der Waals surface area contributed by atoms with E-state index in [1.54, 1.807) is 11.3 Å². The largest absolute Gasteiger partial charge is 0.333 e. The molecule has 0 unspecified atom stereocenters. The van der Waals surface area contributed by atoms with Gasteiger partial charge in [0.1, 0.15) is 0 Å². The van der Waals surface area contributed by atoms with Crippen molar-refractivity contribution in [3.8, 4) is 0 Å². The maximum atomic E-state index is 4.50. The van der Waals surface area contributed by atoms with Gasteiger partial charge >= 0.3 is 0 Å². The summed E-state index contributed by atoms with van der Waals surface area (Å²) in [6.07, 6.45) is 0. The average Bonchev–Trinajstić information content (AvgIpc) is 2.23. The van der Waals surface area contributed by atoms with Gasteiger partial charge in [-0.05, 0) is 17.8 Å². The Morgan fingerprint density at radius 1 is 1.12 bits per heavy atom. The number of thiophene rings is 1. The lowest BCUT2D eigenvalue weighted by Crippen LogP contribution is -1.69. The van der Waals surface area contributed by atoms with Gasteiger partial charge in [-0.15, -0.1) is 24.0 Å². The molecule has 0 saturated carbocycles. The minimum absolute atomic E-state index is 0. The van der Waals surface area contributed by atoms with Crippen LogP contribution in [0.15, 0.2) is 22.9 Å². The van der Waals surface area contributed by atoms with Crippen LogP contribution >= 0.6 is 35.3 Å². The van der Waals surface area contributed by atoms with Gasteiger partial charge in [-0.1, -0.05) is 12.1 Å². The first-order valence-electron chi connectivity index (χ1n) is 2.05. The van der Waals surface area contributed by atoms with Gasteiger partial charge in [0.2, 0.25) is 0 Å². The molecular weight excluding hydrogens is 233 g/mol. The summed E-state index contributed by atoms with van der Waals surface area (Å²) in [6.45, 7) is 0. The van der Waals surface area contributed by atoms with Crippen LogP contribution in [-0.2, 0) is 0 Å². The molecule has 0 aliphatic heterocycles. The predicted molar refractivity (Wildman–Crippen MR) is 49.8 cm³/mol. The zero-order valence-electron chi connectivity index (χ0n) is 4.70. The second kappa shape index (κ2) is 10.4. The summed E-state index contributed by atoms with van der Waals surface area (Å²) in [6, 6.07) is 4.04. The second-order valence-corrected chi connectivity index (χ2v) is 1.61. The van der Waals surface area contributed by atoms with Crippen LogP contribution in [0, 0.1) is 0 Å². The lowest BCUT2D eigenvalue weighted by Gasteiger charge is -1.39. The standard InChI is InChI=1S/C4H4S.CH5N.HI/c1-2-4-5-3-1;1-2;/h1-4H;2H2,1H3;1H. The molecule has 0 atom stereocenters. The van der Waals surface area contributed by atoms with Crippen molar-refractivity contribution in [2.24, 2.45) is 5.73 Å². The molecule has 1 aromatic rings. The fraction of sp³-hybridized carbons (Fsp3) is 0.200. The molecule has 0 bridgehead atoms. The Bertz CT molecular complexity index is 68.9. The number of halogens is 1. The van der Waals surface area contributed by atoms with Crippen molar-refractivity contribution in [1.29, 1.82) is 0 Å². The SMILES string of the molecule is CN.I.c1ccsc1. The number of hydrogen-bond donors (Lipinski definition) is 1. The van der Waals surface area contributed by atoms with Crippen LogP contribution in [0.25, 0.3) is 0 Å². The zero-order chi connectivity index (χ0) is 5.54. The molecule has 0 aliphatic rings. The highest BCUT2D eigenvalue weighted by Crippen LogP contribution is 1.91. The Hall–Kier alpha value is 0.390. The van der Waals surface area contributed by atoms with Gasteiger partial charge in [0.15, 0.2) is 0 Å². The molecule has 48 valence electrons. The summed E-state index contributed by atoms with van der Waals surface area (Å²) in [5, 5.41) is 4.08. The molecule has 3 heteroatoms. The highest BCUT2D eigenvalue weighted by Gasteiger charge is 1.58. The molecule has 0 aliphatic carbocycles. The van der Waals surface area contributed by atoms with Crippen molar-refractivity contribution < 1.29 is 0 Å². The van der Waals surface area contributed by atoms with Crippen molar-refractivity contribution in [3.05, 3.63) is 22.9 Å². The van der Waals surface area contributed by atoms with E-state index in [0.29, 0.717) is 0 Å². The second-order valence-electron chi connectivity index (χ2n) is 0.793. The molecule has 0 spiro atoms. The Morgan fingerprint density at radius 2 is 1.50 bits per heavy atom. The van der Waals surface area contributed by atoms with Gasteiger partial charge in [0.05, 0.1) is 0 Å². The molecule has 0 aromatic carbocycles. The van der Waals surface area contributed by atoms with Crippen molar-refractivity contribution in [1.82, 2.24) is 0 Å². The van der Waals surface area contributed by atoms with Crippen molar-refractivity contribution >= 4 is 35.3 Å². The third kappa shape index (κ3) is 6.39. The van der Waals surface area contributed by atoms with Crippen LogP contribution < -0.4 is 5.73 Å². The van der Waals surface area contributed by atoms with E-state index in [9.17, 15) is 0 Å².